The van der Waals surface area contributed by atoms with Crippen molar-refractivity contribution in [2.75, 3.05) is 13.2 Å². The van der Waals surface area contributed by atoms with E-state index in [1.165, 1.54) is 5.56 Å². The quantitative estimate of drug-likeness (QED) is 0.839. The molecule has 0 saturated heterocycles. The predicted octanol–water partition coefficient (Wildman–Crippen LogP) is 1.88. The van der Waals surface area contributed by atoms with Gasteiger partial charge < -0.3 is 10.4 Å². The van der Waals surface area contributed by atoms with Gasteiger partial charge in [-0.25, -0.2) is 0 Å². The number of amides is 1. The van der Waals surface area contributed by atoms with Gasteiger partial charge in [-0.15, -0.1) is 0 Å². The van der Waals surface area contributed by atoms with Crippen molar-refractivity contribution in [2.45, 2.75) is 19.3 Å². The molecular weight excluding hydrogens is 270 g/mol. The molecule has 4 heteroatoms. The molecule has 1 aromatic rings. The first-order valence-corrected chi connectivity index (χ1v) is 6.13. The first-order valence-electron chi connectivity index (χ1n) is 5.34. The highest BCUT2D eigenvalue weighted by Crippen LogP contribution is 2.10. The summed E-state index contributed by atoms with van der Waals surface area (Å²) in [5, 5.41) is 11.4. The van der Waals surface area contributed by atoms with Crippen LogP contribution in [0.5, 0.6) is 0 Å². The summed E-state index contributed by atoms with van der Waals surface area (Å²) < 4.78 is 1.06. The van der Waals surface area contributed by atoms with Crippen LogP contribution in [0.3, 0.4) is 0 Å². The Morgan fingerprint density at radius 3 is 2.62 bits per heavy atom. The Bertz CT molecular complexity index is 324. The highest BCUT2D eigenvalue weighted by Gasteiger charge is 1.99. The maximum absolute atomic E-state index is 11.2. The Morgan fingerprint density at radius 2 is 2.00 bits per heavy atom. The number of carbonyl (C=O) groups excluding carboxylic acids is 1. The van der Waals surface area contributed by atoms with Crippen molar-refractivity contribution in [2.24, 2.45) is 0 Å². The number of aliphatic hydroxyl groups is 1. The van der Waals surface area contributed by atoms with Crippen LogP contribution < -0.4 is 5.32 Å². The first kappa shape index (κ1) is 13.2. The molecular formula is C12H16BrNO2. The van der Waals surface area contributed by atoms with Crippen LogP contribution in [0.4, 0.5) is 0 Å². The van der Waals surface area contributed by atoms with Gasteiger partial charge in [0.15, 0.2) is 0 Å². The van der Waals surface area contributed by atoms with Crippen molar-refractivity contribution in [3.05, 3.63) is 34.3 Å². The normalized spacial score (nSPS) is 10.1. The molecule has 0 atom stereocenters. The summed E-state index contributed by atoms with van der Waals surface area (Å²) in [5.74, 6) is 0.00571. The third kappa shape index (κ3) is 5.28. The van der Waals surface area contributed by atoms with Crippen LogP contribution in [0, 0.1) is 0 Å². The lowest BCUT2D eigenvalue weighted by Gasteiger charge is -2.04. The number of hydrogen-bond donors (Lipinski definition) is 2. The Balaban J connectivity index is 2.20. The van der Waals surface area contributed by atoms with Crippen molar-refractivity contribution in [1.29, 1.82) is 0 Å². The summed E-state index contributed by atoms with van der Waals surface area (Å²) in [5.41, 5.74) is 1.20. The van der Waals surface area contributed by atoms with E-state index in [-0.39, 0.29) is 12.5 Å². The molecule has 0 aliphatic rings. The van der Waals surface area contributed by atoms with Gasteiger partial charge in [0, 0.05) is 24.0 Å². The summed E-state index contributed by atoms with van der Waals surface area (Å²) >= 11 is 3.37. The highest BCUT2D eigenvalue weighted by molar-refractivity contribution is 9.10. The van der Waals surface area contributed by atoms with Crippen LogP contribution in [0.1, 0.15) is 18.4 Å². The lowest BCUT2D eigenvalue weighted by Crippen LogP contribution is -2.25. The van der Waals surface area contributed by atoms with E-state index in [9.17, 15) is 4.79 Å². The van der Waals surface area contributed by atoms with Gasteiger partial charge in [-0.05, 0) is 30.5 Å². The predicted molar refractivity (Wildman–Crippen MR) is 67.2 cm³/mol. The SMILES string of the molecule is O=C(CCCO)NCCc1ccc(Br)cc1. The summed E-state index contributed by atoms with van der Waals surface area (Å²) in [6, 6.07) is 8.04. The van der Waals surface area contributed by atoms with E-state index >= 15 is 0 Å². The monoisotopic (exact) mass is 285 g/mol. The number of benzene rings is 1. The zero-order valence-corrected chi connectivity index (χ0v) is 10.7. The fourth-order valence-corrected chi connectivity index (χ4v) is 1.59. The summed E-state index contributed by atoms with van der Waals surface area (Å²) in [6.45, 7) is 0.714. The molecule has 88 valence electrons. The lowest BCUT2D eigenvalue weighted by molar-refractivity contribution is -0.121. The summed E-state index contributed by atoms with van der Waals surface area (Å²) in [7, 11) is 0. The van der Waals surface area contributed by atoms with Crippen molar-refractivity contribution in [3.63, 3.8) is 0 Å². The fraction of sp³-hybridized carbons (Fsp3) is 0.417. The molecule has 3 nitrogen and oxygen atoms in total. The average Bonchev–Trinajstić information content (AvgIpc) is 2.29. The van der Waals surface area contributed by atoms with Gasteiger partial charge in [0.25, 0.3) is 0 Å². The molecule has 2 N–H and O–H groups in total. The van der Waals surface area contributed by atoms with E-state index in [1.54, 1.807) is 0 Å². The molecule has 0 spiro atoms. The molecule has 0 saturated carbocycles. The van der Waals surface area contributed by atoms with Crippen LogP contribution in [-0.4, -0.2) is 24.2 Å². The van der Waals surface area contributed by atoms with Crippen LogP contribution >= 0.6 is 15.9 Å². The second-order valence-electron chi connectivity index (χ2n) is 3.55. The summed E-state index contributed by atoms with van der Waals surface area (Å²) in [6.07, 6.45) is 1.76. The van der Waals surface area contributed by atoms with Gasteiger partial charge in [-0.3, -0.25) is 4.79 Å². The van der Waals surface area contributed by atoms with Crippen LogP contribution in [0.15, 0.2) is 28.7 Å². The molecule has 1 amide bonds. The third-order valence-electron chi connectivity index (χ3n) is 2.21. The number of hydrogen-bond acceptors (Lipinski definition) is 2. The molecule has 0 aromatic heterocycles. The Morgan fingerprint density at radius 1 is 1.31 bits per heavy atom. The van der Waals surface area contributed by atoms with E-state index in [2.05, 4.69) is 21.2 Å². The van der Waals surface area contributed by atoms with Gasteiger partial charge in [0.2, 0.25) is 5.91 Å². The van der Waals surface area contributed by atoms with Crippen molar-refractivity contribution >= 4 is 21.8 Å². The zero-order chi connectivity index (χ0) is 11.8. The number of carbonyl (C=O) groups is 1. The molecule has 0 fully saturated rings. The summed E-state index contributed by atoms with van der Waals surface area (Å²) in [4.78, 5) is 11.2. The van der Waals surface area contributed by atoms with E-state index in [4.69, 9.17) is 5.11 Å². The maximum Gasteiger partial charge on any atom is 0.220 e. The minimum absolute atomic E-state index is 0.00571. The van der Waals surface area contributed by atoms with E-state index < -0.39 is 0 Å². The first-order chi connectivity index (χ1) is 7.72. The molecule has 0 bridgehead atoms. The zero-order valence-electron chi connectivity index (χ0n) is 9.08. The van der Waals surface area contributed by atoms with Crippen LogP contribution in [0.25, 0.3) is 0 Å². The average molecular weight is 286 g/mol. The third-order valence-corrected chi connectivity index (χ3v) is 2.74. The van der Waals surface area contributed by atoms with Gasteiger partial charge in [0.1, 0.15) is 0 Å². The number of rotatable bonds is 6. The number of nitrogens with one attached hydrogen (secondary N) is 1. The largest absolute Gasteiger partial charge is 0.396 e. The number of aliphatic hydroxyl groups excluding tert-OH is 1. The molecule has 0 unspecified atom stereocenters. The Kier molecular flexibility index (Phi) is 6.11. The second-order valence-corrected chi connectivity index (χ2v) is 4.47. The fourth-order valence-electron chi connectivity index (χ4n) is 1.33. The second kappa shape index (κ2) is 7.41. The van der Waals surface area contributed by atoms with E-state index in [1.807, 2.05) is 24.3 Å². The van der Waals surface area contributed by atoms with Crippen molar-refractivity contribution in [1.82, 2.24) is 5.32 Å². The van der Waals surface area contributed by atoms with Gasteiger partial charge in [-0.1, -0.05) is 28.1 Å². The molecule has 0 aliphatic heterocycles. The standard InChI is InChI=1S/C12H16BrNO2/c13-11-5-3-10(4-6-11)7-8-14-12(16)2-1-9-15/h3-6,15H,1-2,7-9H2,(H,14,16). The minimum Gasteiger partial charge on any atom is -0.396 e. The van der Waals surface area contributed by atoms with Gasteiger partial charge in [0.05, 0.1) is 0 Å². The van der Waals surface area contributed by atoms with Crippen LogP contribution in [0.2, 0.25) is 0 Å². The minimum atomic E-state index is 0.00571. The molecule has 0 aliphatic carbocycles. The smallest absolute Gasteiger partial charge is 0.220 e. The van der Waals surface area contributed by atoms with Crippen molar-refractivity contribution < 1.29 is 9.90 Å². The molecule has 1 aromatic carbocycles. The molecule has 0 heterocycles. The van der Waals surface area contributed by atoms with E-state index in [0.29, 0.717) is 19.4 Å². The van der Waals surface area contributed by atoms with Gasteiger partial charge >= 0.3 is 0 Å². The van der Waals surface area contributed by atoms with Crippen molar-refractivity contribution in [3.8, 4) is 0 Å². The topological polar surface area (TPSA) is 49.3 Å². The lowest BCUT2D eigenvalue weighted by atomic mass is 10.1. The number of halogens is 1. The molecule has 16 heavy (non-hydrogen) atoms. The Labute approximate surface area is 104 Å². The highest BCUT2D eigenvalue weighted by atomic mass is 79.9. The van der Waals surface area contributed by atoms with Crippen LogP contribution in [-0.2, 0) is 11.2 Å². The van der Waals surface area contributed by atoms with E-state index in [0.717, 1.165) is 10.9 Å². The van der Waals surface area contributed by atoms with Gasteiger partial charge in [-0.2, -0.15) is 0 Å². The molecule has 0 radical (unpaired) electrons. The Hall–Kier alpha value is -0.870. The maximum atomic E-state index is 11.2. The molecule has 1 rings (SSSR count).